The third-order valence-electron chi connectivity index (χ3n) is 4.99. The highest BCUT2D eigenvalue weighted by atomic mass is 19.1. The van der Waals surface area contributed by atoms with Gasteiger partial charge in [0.15, 0.2) is 11.6 Å². The summed E-state index contributed by atoms with van der Waals surface area (Å²) in [5, 5.41) is 22.4. The van der Waals surface area contributed by atoms with Crippen molar-refractivity contribution in [2.45, 2.75) is 5.24 Å². The van der Waals surface area contributed by atoms with E-state index in [2.05, 4.69) is 41.3 Å². The number of carbonyl (C=O) groups excluding carboxylic acids is 1. The third-order valence-corrected chi connectivity index (χ3v) is 4.99. The summed E-state index contributed by atoms with van der Waals surface area (Å²) in [6.45, 7) is 0. The number of methoxy groups -OCH3 is 2. The first-order chi connectivity index (χ1) is 18.1. The van der Waals surface area contributed by atoms with Crippen molar-refractivity contribution < 1.29 is 18.7 Å². The molecule has 12 nitrogen and oxygen atoms in total. The predicted molar refractivity (Wildman–Crippen MR) is 140 cm³/mol. The zero-order valence-electron chi connectivity index (χ0n) is 20.6. The molecule has 0 atom stereocenters. The topological polar surface area (TPSA) is 141 Å². The fraction of sp³-hybridized carbons (Fsp3) is 0.182. The normalized spacial score (nSPS) is 11.1. The van der Waals surface area contributed by atoms with Crippen LogP contribution in [0.1, 0.15) is 10.4 Å². The molecule has 0 aliphatic carbocycles. The number of hydrogen-bond acceptors (Lipinski definition) is 10. The summed E-state index contributed by atoms with van der Waals surface area (Å²) in [6, 6.07) is 7.16. The van der Waals surface area contributed by atoms with Crippen molar-refractivity contribution in [2.24, 2.45) is 7.05 Å². The molecular formula is C22H19B3FN9O3. The Hall–Kier alpha value is -4.62. The molecule has 4 rings (SSSR count). The van der Waals surface area contributed by atoms with Crippen LogP contribution in [0.25, 0.3) is 11.3 Å². The van der Waals surface area contributed by atoms with Crippen molar-refractivity contribution in [2.75, 3.05) is 24.9 Å². The second kappa shape index (κ2) is 10.8. The van der Waals surface area contributed by atoms with E-state index in [0.29, 0.717) is 23.0 Å². The molecular weight excluding hydrogens is 490 g/mol. The van der Waals surface area contributed by atoms with Crippen LogP contribution >= 0.6 is 0 Å². The molecule has 3 N–H and O–H groups in total. The van der Waals surface area contributed by atoms with Gasteiger partial charge in [-0.25, -0.2) is 9.37 Å². The molecule has 38 heavy (non-hydrogen) atoms. The average Bonchev–Trinajstić information content (AvgIpc) is 3.29. The Kier molecular flexibility index (Phi) is 7.51. The second-order valence-electron chi connectivity index (χ2n) is 7.97. The standard InChI is InChI=1S/C22H19B3FN9O3/c1-35-28-10-16(34-35)12-6-11(26)7-15(20(12)38-3)29-14-8-18(30-17-4-5-19(37-2)33-32-17)27-9-13(14)21(36)31-22(23,24)25/h4-10H,1-3H3,(H,31,36)(H2,27,29,30,32). The number of hydrogen-bond donors (Lipinski definition) is 3. The lowest BCUT2D eigenvalue weighted by Crippen LogP contribution is -2.50. The smallest absolute Gasteiger partial charge is 0.253 e. The Labute approximate surface area is 221 Å². The fourth-order valence-electron chi connectivity index (χ4n) is 3.41. The number of anilines is 4. The van der Waals surface area contributed by atoms with E-state index in [0.717, 1.165) is 0 Å². The molecule has 1 aromatic carbocycles. The van der Waals surface area contributed by atoms with Crippen molar-refractivity contribution in [1.29, 1.82) is 0 Å². The predicted octanol–water partition coefficient (Wildman–Crippen LogP) is 1.16. The Morgan fingerprint density at radius 2 is 1.79 bits per heavy atom. The van der Waals surface area contributed by atoms with Crippen molar-refractivity contribution in [3.05, 3.63) is 54.1 Å². The first-order valence-electron chi connectivity index (χ1n) is 10.9. The fourth-order valence-corrected chi connectivity index (χ4v) is 3.41. The van der Waals surface area contributed by atoms with Crippen LogP contribution in [-0.2, 0) is 7.05 Å². The molecule has 3 heterocycles. The number of amides is 1. The first-order valence-corrected chi connectivity index (χ1v) is 10.9. The maximum absolute atomic E-state index is 14.7. The molecule has 4 aromatic rings. The number of benzene rings is 1. The second-order valence-corrected chi connectivity index (χ2v) is 7.97. The van der Waals surface area contributed by atoms with Crippen LogP contribution in [0.4, 0.5) is 27.4 Å². The molecule has 0 saturated carbocycles. The van der Waals surface area contributed by atoms with Gasteiger partial charge in [0.1, 0.15) is 17.3 Å². The van der Waals surface area contributed by atoms with Gasteiger partial charge in [-0.05, 0) is 12.1 Å². The summed E-state index contributed by atoms with van der Waals surface area (Å²) in [6.07, 6.45) is 2.71. The minimum absolute atomic E-state index is 0.00513. The molecule has 0 spiro atoms. The summed E-state index contributed by atoms with van der Waals surface area (Å²) in [5.74, 6) is -0.147. The molecule has 6 radical (unpaired) electrons. The van der Waals surface area contributed by atoms with E-state index in [1.807, 2.05) is 0 Å². The van der Waals surface area contributed by atoms with Gasteiger partial charge in [-0.2, -0.15) is 15.0 Å². The number of pyridine rings is 1. The summed E-state index contributed by atoms with van der Waals surface area (Å²) in [4.78, 5) is 18.5. The lowest BCUT2D eigenvalue weighted by Gasteiger charge is -2.23. The molecule has 3 aromatic heterocycles. The Morgan fingerprint density at radius 3 is 2.39 bits per heavy atom. The summed E-state index contributed by atoms with van der Waals surface area (Å²) < 4.78 is 25.3. The van der Waals surface area contributed by atoms with Gasteiger partial charge >= 0.3 is 0 Å². The summed E-state index contributed by atoms with van der Waals surface area (Å²) >= 11 is 0. The van der Waals surface area contributed by atoms with Crippen LogP contribution in [0.2, 0.25) is 0 Å². The van der Waals surface area contributed by atoms with E-state index in [1.165, 1.54) is 49.6 Å². The molecule has 0 fully saturated rings. The molecule has 16 heteroatoms. The van der Waals surface area contributed by atoms with Gasteiger partial charge in [0.2, 0.25) is 5.88 Å². The van der Waals surface area contributed by atoms with Gasteiger partial charge in [0.05, 0.1) is 66.5 Å². The highest BCUT2D eigenvalue weighted by Crippen LogP contribution is 2.39. The molecule has 186 valence electrons. The van der Waals surface area contributed by atoms with Crippen LogP contribution < -0.4 is 25.4 Å². The Balaban J connectivity index is 1.77. The average molecular weight is 509 g/mol. The highest BCUT2D eigenvalue weighted by molar-refractivity contribution is 6.60. The van der Waals surface area contributed by atoms with Crippen LogP contribution in [0.15, 0.2) is 42.7 Å². The Bertz CT molecular complexity index is 1460. The van der Waals surface area contributed by atoms with Gasteiger partial charge in [-0.3, -0.25) is 4.79 Å². The first kappa shape index (κ1) is 26.4. The molecule has 0 aliphatic heterocycles. The van der Waals surface area contributed by atoms with Crippen LogP contribution in [0.5, 0.6) is 11.6 Å². The van der Waals surface area contributed by atoms with Crippen molar-refractivity contribution in [3.8, 4) is 22.9 Å². The monoisotopic (exact) mass is 509 g/mol. The summed E-state index contributed by atoms with van der Waals surface area (Å²) in [7, 11) is 21.1. The number of rotatable bonds is 9. The minimum Gasteiger partial charge on any atom is -0.494 e. The number of nitrogens with zero attached hydrogens (tertiary/aromatic N) is 6. The molecule has 0 unspecified atom stereocenters. The summed E-state index contributed by atoms with van der Waals surface area (Å²) in [5.41, 5.74) is 1.07. The third kappa shape index (κ3) is 6.20. The van der Waals surface area contributed by atoms with E-state index in [9.17, 15) is 9.18 Å². The van der Waals surface area contributed by atoms with E-state index < -0.39 is 17.0 Å². The molecule has 0 bridgehead atoms. The molecule has 1 amide bonds. The van der Waals surface area contributed by atoms with Crippen LogP contribution in [-0.4, -0.2) is 79.1 Å². The number of carbonyl (C=O) groups is 1. The van der Waals surface area contributed by atoms with E-state index >= 15 is 0 Å². The van der Waals surface area contributed by atoms with E-state index in [1.54, 1.807) is 19.2 Å². The zero-order chi connectivity index (χ0) is 27.4. The van der Waals surface area contributed by atoms with Gasteiger partial charge in [-0.15, -0.1) is 10.2 Å². The number of ether oxygens (including phenoxy) is 2. The van der Waals surface area contributed by atoms with Gasteiger partial charge < -0.3 is 25.4 Å². The molecule has 0 saturated heterocycles. The van der Waals surface area contributed by atoms with Crippen LogP contribution in [0.3, 0.4) is 0 Å². The number of aryl methyl sites for hydroxylation is 1. The van der Waals surface area contributed by atoms with Gasteiger partial charge in [-0.1, -0.05) is 5.24 Å². The minimum atomic E-state index is -2.00. The van der Waals surface area contributed by atoms with Gasteiger partial charge in [0, 0.05) is 31.4 Å². The van der Waals surface area contributed by atoms with Crippen molar-refractivity contribution in [1.82, 2.24) is 35.5 Å². The SMILES string of the molecule is [B]C([B])([B])NC(=O)c1cnc(Nc2ccc(OC)nn2)cc1Nc1cc(F)cc(-c2cnn(C)n2)c1OC. The number of halogens is 1. The van der Waals surface area contributed by atoms with E-state index in [-0.39, 0.29) is 28.5 Å². The van der Waals surface area contributed by atoms with Gasteiger partial charge in [0.25, 0.3) is 5.91 Å². The van der Waals surface area contributed by atoms with E-state index in [4.69, 9.17) is 33.0 Å². The van der Waals surface area contributed by atoms with Crippen molar-refractivity contribution in [3.63, 3.8) is 0 Å². The van der Waals surface area contributed by atoms with Crippen molar-refractivity contribution >= 4 is 52.5 Å². The lowest BCUT2D eigenvalue weighted by atomic mass is 9.49. The maximum atomic E-state index is 14.7. The largest absolute Gasteiger partial charge is 0.494 e. The quantitative estimate of drug-likeness (QED) is 0.282. The molecule has 0 aliphatic rings. The van der Waals surface area contributed by atoms with Crippen LogP contribution in [0, 0.1) is 5.82 Å². The maximum Gasteiger partial charge on any atom is 0.253 e. The zero-order valence-corrected chi connectivity index (χ0v) is 20.6. The number of aromatic nitrogens is 6. The Morgan fingerprint density at radius 1 is 1.00 bits per heavy atom. The number of nitrogens with one attached hydrogen (secondary N) is 3. The lowest BCUT2D eigenvalue weighted by molar-refractivity contribution is 0.0953. The highest BCUT2D eigenvalue weighted by Gasteiger charge is 2.22.